The second-order valence-corrected chi connectivity index (χ2v) is 4.71. The lowest BCUT2D eigenvalue weighted by molar-refractivity contribution is -0.145. The number of benzene rings is 1. The first-order valence-electron chi connectivity index (χ1n) is 7.43. The van der Waals surface area contributed by atoms with Gasteiger partial charge >= 0.3 is 5.97 Å². The lowest BCUT2D eigenvalue weighted by atomic mass is 10.2. The molecule has 7 nitrogen and oxygen atoms in total. The molecule has 0 spiro atoms. The minimum Gasteiger partial charge on any atom is -0.497 e. The summed E-state index contributed by atoms with van der Waals surface area (Å²) >= 11 is 0. The van der Waals surface area contributed by atoms with Gasteiger partial charge < -0.3 is 18.7 Å². The van der Waals surface area contributed by atoms with Gasteiger partial charge in [0.1, 0.15) is 5.75 Å². The maximum absolute atomic E-state index is 11.5. The van der Waals surface area contributed by atoms with Crippen LogP contribution in [0.1, 0.15) is 25.6 Å². The van der Waals surface area contributed by atoms with E-state index in [1.54, 1.807) is 19.2 Å². The van der Waals surface area contributed by atoms with Crippen molar-refractivity contribution in [1.82, 2.24) is 10.1 Å². The third-order valence-electron chi connectivity index (χ3n) is 3.04. The molecule has 0 atom stereocenters. The van der Waals surface area contributed by atoms with Gasteiger partial charge in [-0.3, -0.25) is 4.79 Å². The van der Waals surface area contributed by atoms with Gasteiger partial charge in [-0.2, -0.15) is 4.98 Å². The molecule has 0 saturated carbocycles. The SMILES string of the molecule is CCOCCCC(=O)OCc1noc(-c2ccc(OC)cc2)n1. The Labute approximate surface area is 134 Å². The average molecular weight is 320 g/mol. The van der Waals surface area contributed by atoms with Crippen molar-refractivity contribution < 1.29 is 23.5 Å². The number of methoxy groups -OCH3 is 1. The quantitative estimate of drug-likeness (QED) is 0.518. The summed E-state index contributed by atoms with van der Waals surface area (Å²) in [5.74, 6) is 1.14. The second kappa shape index (κ2) is 8.89. The highest BCUT2D eigenvalue weighted by Gasteiger charge is 2.11. The van der Waals surface area contributed by atoms with Gasteiger partial charge in [-0.25, -0.2) is 0 Å². The molecule has 0 aliphatic rings. The van der Waals surface area contributed by atoms with E-state index in [-0.39, 0.29) is 12.6 Å². The topological polar surface area (TPSA) is 83.7 Å². The molecule has 124 valence electrons. The van der Waals surface area contributed by atoms with E-state index in [1.807, 2.05) is 19.1 Å². The molecule has 0 saturated heterocycles. The van der Waals surface area contributed by atoms with Gasteiger partial charge in [-0.15, -0.1) is 0 Å². The molecule has 0 aliphatic carbocycles. The molecule has 2 rings (SSSR count). The number of rotatable bonds is 9. The highest BCUT2D eigenvalue weighted by atomic mass is 16.5. The van der Waals surface area contributed by atoms with Crippen LogP contribution in [0.15, 0.2) is 28.8 Å². The fourth-order valence-corrected chi connectivity index (χ4v) is 1.84. The van der Waals surface area contributed by atoms with E-state index in [2.05, 4.69) is 10.1 Å². The summed E-state index contributed by atoms with van der Waals surface area (Å²) in [5.41, 5.74) is 0.771. The molecular weight excluding hydrogens is 300 g/mol. The van der Waals surface area contributed by atoms with Crippen LogP contribution < -0.4 is 4.74 Å². The van der Waals surface area contributed by atoms with E-state index in [0.717, 1.165) is 11.3 Å². The fraction of sp³-hybridized carbons (Fsp3) is 0.438. The van der Waals surface area contributed by atoms with E-state index in [9.17, 15) is 4.79 Å². The Hall–Kier alpha value is -2.41. The Morgan fingerprint density at radius 1 is 1.26 bits per heavy atom. The zero-order valence-electron chi connectivity index (χ0n) is 13.3. The summed E-state index contributed by atoms with van der Waals surface area (Å²) in [6.45, 7) is 3.10. The van der Waals surface area contributed by atoms with Crippen LogP contribution in [0.5, 0.6) is 5.75 Å². The van der Waals surface area contributed by atoms with Gasteiger partial charge in [0.2, 0.25) is 5.82 Å². The van der Waals surface area contributed by atoms with Crippen LogP contribution in [0.25, 0.3) is 11.5 Å². The third-order valence-corrected chi connectivity index (χ3v) is 3.04. The van der Waals surface area contributed by atoms with Crippen molar-refractivity contribution in [2.45, 2.75) is 26.4 Å². The molecule has 0 aliphatic heterocycles. The zero-order chi connectivity index (χ0) is 16.5. The highest BCUT2D eigenvalue weighted by molar-refractivity contribution is 5.69. The van der Waals surface area contributed by atoms with Crippen LogP contribution in [0.4, 0.5) is 0 Å². The molecule has 1 aromatic carbocycles. The maximum atomic E-state index is 11.5. The number of esters is 1. The summed E-state index contributed by atoms with van der Waals surface area (Å²) in [6, 6.07) is 7.24. The molecule has 7 heteroatoms. The van der Waals surface area contributed by atoms with E-state index < -0.39 is 0 Å². The molecule has 0 N–H and O–H groups in total. The van der Waals surface area contributed by atoms with Gasteiger partial charge in [-0.1, -0.05) is 5.16 Å². The molecule has 2 aromatic rings. The van der Waals surface area contributed by atoms with Crippen molar-refractivity contribution in [1.29, 1.82) is 0 Å². The standard InChI is InChI=1S/C16H20N2O5/c1-3-21-10-4-5-15(19)22-11-14-17-16(23-18-14)12-6-8-13(20-2)9-7-12/h6-9H,3-5,10-11H2,1-2H3. The molecule has 0 unspecified atom stereocenters. The van der Waals surface area contributed by atoms with Gasteiger partial charge in [-0.05, 0) is 37.6 Å². The molecular formula is C16H20N2O5. The zero-order valence-corrected chi connectivity index (χ0v) is 13.3. The Morgan fingerprint density at radius 3 is 2.74 bits per heavy atom. The van der Waals surface area contributed by atoms with Crippen LogP contribution in [-0.2, 0) is 20.9 Å². The van der Waals surface area contributed by atoms with Gasteiger partial charge in [0.25, 0.3) is 5.89 Å². The summed E-state index contributed by atoms with van der Waals surface area (Å²) < 4.78 is 20.5. The third kappa shape index (κ3) is 5.37. The van der Waals surface area contributed by atoms with Crippen molar-refractivity contribution in [3.63, 3.8) is 0 Å². The lowest BCUT2D eigenvalue weighted by Crippen LogP contribution is -2.07. The van der Waals surface area contributed by atoms with Crippen LogP contribution >= 0.6 is 0 Å². The van der Waals surface area contributed by atoms with Crippen molar-refractivity contribution >= 4 is 5.97 Å². The normalized spacial score (nSPS) is 10.5. The average Bonchev–Trinajstić information content (AvgIpc) is 3.06. The molecule has 23 heavy (non-hydrogen) atoms. The van der Waals surface area contributed by atoms with Gasteiger partial charge in [0, 0.05) is 25.2 Å². The van der Waals surface area contributed by atoms with E-state index in [1.165, 1.54) is 0 Å². The fourth-order valence-electron chi connectivity index (χ4n) is 1.84. The molecule has 0 amide bonds. The number of carbonyl (C=O) groups is 1. The second-order valence-electron chi connectivity index (χ2n) is 4.71. The number of ether oxygens (including phenoxy) is 3. The monoisotopic (exact) mass is 320 g/mol. The number of aromatic nitrogens is 2. The first-order valence-corrected chi connectivity index (χ1v) is 7.43. The maximum Gasteiger partial charge on any atom is 0.306 e. The lowest BCUT2D eigenvalue weighted by Gasteiger charge is -2.02. The summed E-state index contributed by atoms with van der Waals surface area (Å²) in [4.78, 5) is 15.7. The molecule has 1 heterocycles. The summed E-state index contributed by atoms with van der Waals surface area (Å²) in [7, 11) is 1.60. The largest absolute Gasteiger partial charge is 0.497 e. The first-order chi connectivity index (χ1) is 11.2. The highest BCUT2D eigenvalue weighted by Crippen LogP contribution is 2.20. The van der Waals surface area contributed by atoms with Crippen molar-refractivity contribution in [3.8, 4) is 17.2 Å². The predicted molar refractivity (Wildman–Crippen MR) is 81.8 cm³/mol. The van der Waals surface area contributed by atoms with Gasteiger partial charge in [0.15, 0.2) is 6.61 Å². The molecule has 0 fully saturated rings. The van der Waals surface area contributed by atoms with E-state index in [0.29, 0.717) is 37.8 Å². The Bertz CT molecular complexity index is 609. The molecule has 1 aromatic heterocycles. The van der Waals surface area contributed by atoms with Crippen molar-refractivity contribution in [2.75, 3.05) is 20.3 Å². The van der Waals surface area contributed by atoms with E-state index in [4.69, 9.17) is 18.7 Å². The number of nitrogens with zero attached hydrogens (tertiary/aromatic N) is 2. The number of hydrogen-bond acceptors (Lipinski definition) is 7. The summed E-state index contributed by atoms with van der Waals surface area (Å²) in [6.07, 6.45) is 0.944. The van der Waals surface area contributed by atoms with Crippen molar-refractivity contribution in [2.24, 2.45) is 0 Å². The molecule has 0 bridgehead atoms. The Kier molecular flexibility index (Phi) is 6.56. The predicted octanol–water partition coefficient (Wildman–Crippen LogP) is 2.61. The minimum atomic E-state index is -0.305. The minimum absolute atomic E-state index is 0.00682. The Morgan fingerprint density at radius 2 is 2.04 bits per heavy atom. The molecule has 0 radical (unpaired) electrons. The smallest absolute Gasteiger partial charge is 0.306 e. The van der Waals surface area contributed by atoms with Crippen LogP contribution in [-0.4, -0.2) is 36.4 Å². The first kappa shape index (κ1) is 17.0. The van der Waals surface area contributed by atoms with Crippen LogP contribution in [0, 0.1) is 0 Å². The van der Waals surface area contributed by atoms with Gasteiger partial charge in [0.05, 0.1) is 7.11 Å². The van der Waals surface area contributed by atoms with Crippen LogP contribution in [0.3, 0.4) is 0 Å². The summed E-state index contributed by atoms with van der Waals surface area (Å²) in [5, 5.41) is 3.80. The Balaban J connectivity index is 1.81. The number of hydrogen-bond donors (Lipinski definition) is 0. The number of carbonyl (C=O) groups excluding carboxylic acids is 1. The van der Waals surface area contributed by atoms with E-state index >= 15 is 0 Å². The van der Waals surface area contributed by atoms with Crippen molar-refractivity contribution in [3.05, 3.63) is 30.1 Å². The van der Waals surface area contributed by atoms with Crippen LogP contribution in [0.2, 0.25) is 0 Å².